The third-order valence-corrected chi connectivity index (χ3v) is 17.4. The fourth-order valence-electron chi connectivity index (χ4n) is 10.3. The molecule has 2 aliphatic heterocycles. The number of thioether (sulfide) groups is 1. The minimum absolute atomic E-state index is 0.0287. The molecule has 2 heterocycles. The predicted octanol–water partition coefficient (Wildman–Crippen LogP) is 13.0. The molecule has 3 amide bonds. The van der Waals surface area contributed by atoms with E-state index in [2.05, 4.69) is 35.1 Å². The minimum Gasteiger partial charge on any atom is -0.390 e. The van der Waals surface area contributed by atoms with Crippen molar-refractivity contribution in [2.45, 2.75) is 327 Å². The second-order valence-electron chi connectivity index (χ2n) is 22.2. The molecule has 0 unspecified atom stereocenters. The number of carbonyl (C=O) groups is 4. The highest BCUT2D eigenvalue weighted by atomic mass is 79.9. The Balaban J connectivity index is 1.80. The fraction of sp³-hybridized carbons (Fsp3) is 0.900. The zero-order chi connectivity index (χ0) is 54.9. The van der Waals surface area contributed by atoms with E-state index < -0.39 is 60.8 Å². The van der Waals surface area contributed by atoms with Gasteiger partial charge in [-0.3, -0.25) is 19.3 Å². The molecule has 1 saturated heterocycles. The molecule has 13 nitrogen and oxygen atoms in total. The zero-order valence-electron chi connectivity index (χ0n) is 47.4. The Morgan fingerprint density at radius 3 is 1.44 bits per heavy atom. The molecule has 0 spiro atoms. The number of nitrogens with one attached hydrogen (secondary N) is 1. The molecule has 0 aliphatic carbocycles. The molecule has 2 rings (SSSR count). The van der Waals surface area contributed by atoms with Crippen molar-refractivity contribution < 1.29 is 54.2 Å². The molecule has 0 aromatic rings. The first-order chi connectivity index (χ1) is 36.3. The van der Waals surface area contributed by atoms with E-state index >= 15 is 0 Å². The molecular formula is C60H109BrN2O11S. The normalized spacial score (nSPS) is 20.3. The molecule has 0 aromatic heterocycles. The average molecular weight is 1150 g/mol. The van der Waals surface area contributed by atoms with Crippen molar-refractivity contribution in [1.82, 2.24) is 10.2 Å². The molecule has 15 heteroatoms. The number of aliphatic hydroxyl groups is 5. The molecule has 438 valence electrons. The number of amides is 3. The summed E-state index contributed by atoms with van der Waals surface area (Å²) in [5.41, 5.74) is 0. The lowest BCUT2D eigenvalue weighted by atomic mass is 9.98. The van der Waals surface area contributed by atoms with Gasteiger partial charge in [-0.05, 0) is 48.5 Å². The Morgan fingerprint density at radius 1 is 0.587 bits per heavy atom. The number of Topliss-reactive ketones (excluding diaryl/α,β-unsaturated/α-hetero) is 1. The van der Waals surface area contributed by atoms with Crippen LogP contribution in [0.3, 0.4) is 0 Å². The Kier molecular flexibility index (Phi) is 42.1. The monoisotopic (exact) mass is 1140 g/mol. The molecule has 8 atom stereocenters. The highest BCUT2D eigenvalue weighted by molar-refractivity contribution is 9.12. The van der Waals surface area contributed by atoms with Crippen LogP contribution in [-0.2, 0) is 28.7 Å². The molecule has 0 saturated carbocycles. The molecule has 0 aromatic carbocycles. The van der Waals surface area contributed by atoms with E-state index in [9.17, 15) is 44.7 Å². The summed E-state index contributed by atoms with van der Waals surface area (Å²) < 4.78 is 12.0. The van der Waals surface area contributed by atoms with Crippen molar-refractivity contribution in [3.8, 4) is 0 Å². The number of aliphatic hydroxyl groups excluding tert-OH is 5. The van der Waals surface area contributed by atoms with Crippen molar-refractivity contribution in [2.24, 2.45) is 0 Å². The third-order valence-electron chi connectivity index (χ3n) is 15.2. The van der Waals surface area contributed by atoms with Gasteiger partial charge in [0.05, 0.1) is 29.8 Å². The van der Waals surface area contributed by atoms with Crippen LogP contribution < -0.4 is 5.32 Å². The summed E-state index contributed by atoms with van der Waals surface area (Å²) in [6.45, 7) is 5.78. The van der Waals surface area contributed by atoms with Gasteiger partial charge in [0.2, 0.25) is 5.91 Å². The van der Waals surface area contributed by atoms with Crippen LogP contribution >= 0.6 is 27.7 Å². The van der Waals surface area contributed by atoms with E-state index in [1.165, 1.54) is 180 Å². The van der Waals surface area contributed by atoms with Crippen molar-refractivity contribution in [2.75, 3.05) is 18.9 Å². The first-order valence-corrected chi connectivity index (χ1v) is 32.5. The SMILES string of the molecule is CCCCCCCCCCCCCCCCCCCCCCCCCC(=O)N[C@@H](CO[C@H]1O[C@H](CSC2=C(Br)C(=O)N(CCCCC(C)=O)C2=O)[C@H](O)[C@H](O)[C@H]1O)[C@H](O)[C@H](O)CCCCCCCCCCCCCC. The van der Waals surface area contributed by atoms with Crippen LogP contribution in [0.4, 0.5) is 0 Å². The lowest BCUT2D eigenvalue weighted by Crippen LogP contribution is -2.60. The number of nitrogens with zero attached hydrogens (tertiary/aromatic N) is 1. The third kappa shape index (κ3) is 31.8. The van der Waals surface area contributed by atoms with E-state index in [0.717, 1.165) is 55.2 Å². The van der Waals surface area contributed by atoms with Gasteiger partial charge < -0.3 is 45.1 Å². The van der Waals surface area contributed by atoms with Crippen LogP contribution in [0.2, 0.25) is 0 Å². The number of rotatable bonds is 51. The topological polar surface area (TPSA) is 203 Å². The van der Waals surface area contributed by atoms with Gasteiger partial charge in [0.1, 0.15) is 34.7 Å². The largest absolute Gasteiger partial charge is 0.390 e. The quantitative estimate of drug-likeness (QED) is 0.0249. The maximum absolute atomic E-state index is 13.4. The number of unbranched alkanes of at least 4 members (excludes halogenated alkanes) is 34. The lowest BCUT2D eigenvalue weighted by Gasteiger charge is -2.41. The van der Waals surface area contributed by atoms with Crippen molar-refractivity contribution in [3.05, 3.63) is 9.39 Å². The van der Waals surface area contributed by atoms with E-state index in [1.54, 1.807) is 0 Å². The van der Waals surface area contributed by atoms with E-state index in [-0.39, 0.29) is 46.4 Å². The van der Waals surface area contributed by atoms with Crippen LogP contribution in [0.15, 0.2) is 9.39 Å². The Morgan fingerprint density at radius 2 is 1.00 bits per heavy atom. The Labute approximate surface area is 468 Å². The van der Waals surface area contributed by atoms with Gasteiger partial charge in [0, 0.05) is 25.1 Å². The van der Waals surface area contributed by atoms with E-state index in [4.69, 9.17) is 9.47 Å². The number of hydrogen-bond donors (Lipinski definition) is 6. The van der Waals surface area contributed by atoms with Gasteiger partial charge in [0.15, 0.2) is 6.29 Å². The maximum atomic E-state index is 13.4. The average Bonchev–Trinajstić information content (AvgIpc) is 3.59. The highest BCUT2D eigenvalue weighted by Gasteiger charge is 2.46. The molecule has 6 N–H and O–H groups in total. The van der Waals surface area contributed by atoms with Gasteiger partial charge >= 0.3 is 0 Å². The number of carbonyl (C=O) groups excluding carboxylic acids is 4. The Bertz CT molecular complexity index is 1520. The summed E-state index contributed by atoms with van der Waals surface area (Å²) in [4.78, 5) is 52.0. The molecule has 0 bridgehead atoms. The number of ether oxygens (including phenoxy) is 2. The summed E-state index contributed by atoms with van der Waals surface area (Å²) in [5, 5.41) is 58.3. The summed E-state index contributed by atoms with van der Waals surface area (Å²) in [6, 6.07) is -1.06. The van der Waals surface area contributed by atoms with Crippen molar-refractivity contribution in [1.29, 1.82) is 0 Å². The summed E-state index contributed by atoms with van der Waals surface area (Å²) in [5.74, 6) is -1.39. The second kappa shape index (κ2) is 45.3. The van der Waals surface area contributed by atoms with Gasteiger partial charge in [-0.15, -0.1) is 11.8 Å². The number of imide groups is 1. The number of hydrogen-bond acceptors (Lipinski definition) is 12. The lowest BCUT2D eigenvalue weighted by molar-refractivity contribution is -0.294. The van der Waals surface area contributed by atoms with Crippen LogP contribution in [0.25, 0.3) is 0 Å². The summed E-state index contributed by atoms with van der Waals surface area (Å²) >= 11 is 4.19. The number of halogens is 1. The number of ketones is 1. The standard InChI is InChI=1S/C60H109BrN2O11S/c1-4-6-8-10-12-14-16-18-19-20-21-22-23-24-25-26-27-28-30-32-34-36-38-43-51(66)62-48(53(67)49(65)42-37-35-33-31-29-17-15-13-11-9-7-5-2)45-73-60-56(70)55(69)54(68)50(74-60)46-75-57-52(61)58(71)63(59(57)72)44-40-39-41-47(3)64/h48-50,53-56,60,65,67-70H,4-46H2,1-3H3,(H,62,66)/t48-,49+,50+,53-,54-,55-,56+,60-/m0/s1. The second-order valence-corrected chi connectivity index (χ2v) is 24.0. The van der Waals surface area contributed by atoms with Crippen molar-refractivity contribution in [3.63, 3.8) is 0 Å². The highest BCUT2D eigenvalue weighted by Crippen LogP contribution is 2.36. The molecule has 2 aliphatic rings. The zero-order valence-corrected chi connectivity index (χ0v) is 49.8. The van der Waals surface area contributed by atoms with Crippen LogP contribution in [0.1, 0.15) is 278 Å². The molecule has 75 heavy (non-hydrogen) atoms. The smallest absolute Gasteiger partial charge is 0.269 e. The minimum atomic E-state index is -1.70. The van der Waals surface area contributed by atoms with Gasteiger partial charge in [-0.25, -0.2) is 0 Å². The first kappa shape index (κ1) is 69.7. The molecule has 0 radical (unpaired) electrons. The first-order valence-electron chi connectivity index (χ1n) is 30.7. The van der Waals surface area contributed by atoms with Gasteiger partial charge in [0.25, 0.3) is 11.8 Å². The van der Waals surface area contributed by atoms with E-state index in [1.807, 2.05) is 0 Å². The summed E-state index contributed by atoms with van der Waals surface area (Å²) in [7, 11) is 0. The maximum Gasteiger partial charge on any atom is 0.269 e. The van der Waals surface area contributed by atoms with Crippen LogP contribution in [-0.4, -0.2) is 122 Å². The van der Waals surface area contributed by atoms with Crippen LogP contribution in [0.5, 0.6) is 0 Å². The predicted molar refractivity (Wildman–Crippen MR) is 308 cm³/mol. The van der Waals surface area contributed by atoms with Crippen LogP contribution in [0, 0.1) is 0 Å². The Hall–Kier alpha value is -1.43. The fourth-order valence-corrected chi connectivity index (χ4v) is 12.0. The molecule has 1 fully saturated rings. The van der Waals surface area contributed by atoms with E-state index in [0.29, 0.717) is 38.5 Å². The van der Waals surface area contributed by atoms with Gasteiger partial charge in [-0.1, -0.05) is 232 Å². The summed E-state index contributed by atoms with van der Waals surface area (Å²) in [6.07, 6.45) is 35.5. The van der Waals surface area contributed by atoms with Crippen molar-refractivity contribution >= 4 is 51.2 Å². The van der Waals surface area contributed by atoms with Gasteiger partial charge in [-0.2, -0.15) is 0 Å². The molecular weight excluding hydrogens is 1040 g/mol.